The topological polar surface area (TPSA) is 69.6 Å². The molecule has 0 saturated heterocycles. The Balaban J connectivity index is 3.17. The van der Waals surface area contributed by atoms with E-state index in [4.69, 9.17) is 10.2 Å². The van der Waals surface area contributed by atoms with Crippen molar-refractivity contribution in [3.63, 3.8) is 0 Å². The maximum absolute atomic E-state index is 10.2. The molecule has 0 aliphatic rings. The van der Waals surface area contributed by atoms with Gasteiger partial charge in [-0.1, -0.05) is 11.9 Å². The monoisotopic (exact) mass is 179 g/mol. The number of rotatable bonds is 6. The van der Waals surface area contributed by atoms with E-state index >= 15 is 0 Å². The predicted octanol–water partition coefficient (Wildman–Crippen LogP) is 0.0797. The summed E-state index contributed by atoms with van der Waals surface area (Å²) in [7, 11) is 0. The van der Waals surface area contributed by atoms with E-state index in [2.05, 4.69) is 4.72 Å². The lowest BCUT2D eigenvalue weighted by Gasteiger charge is -2.06. The molecule has 5 heteroatoms. The first-order valence-corrected chi connectivity index (χ1v) is 4.38. The Bertz CT molecular complexity index is 120. The molecule has 4 nitrogen and oxygen atoms in total. The fourth-order valence-corrected chi connectivity index (χ4v) is 1.11. The second-order valence-corrected chi connectivity index (χ2v) is 3.04. The Morgan fingerprint density at radius 1 is 1.73 bits per heavy atom. The minimum Gasteiger partial charge on any atom is -0.480 e. The zero-order chi connectivity index (χ0) is 8.69. The highest BCUT2D eigenvalue weighted by Crippen LogP contribution is 1.98. The summed E-state index contributed by atoms with van der Waals surface area (Å²) < 4.78 is 2.72. The molecule has 0 amide bonds. The maximum atomic E-state index is 10.2. The maximum Gasteiger partial charge on any atom is 0.321 e. The number of aliphatic hydroxyl groups is 1. The van der Waals surface area contributed by atoms with Gasteiger partial charge in [-0.05, 0) is 13.3 Å². The van der Waals surface area contributed by atoms with Gasteiger partial charge in [-0.15, -0.1) is 0 Å². The molecule has 1 atom stereocenters. The number of carbonyl (C=O) groups is 1. The third-order valence-corrected chi connectivity index (χ3v) is 2.05. The molecular formula is C6H13NO3S. The van der Waals surface area contributed by atoms with Crippen molar-refractivity contribution in [1.82, 2.24) is 4.72 Å². The summed E-state index contributed by atoms with van der Waals surface area (Å²) in [6.07, 6.45) is 0.685. The van der Waals surface area contributed by atoms with Crippen molar-refractivity contribution >= 4 is 17.9 Å². The molecule has 3 N–H and O–H groups in total. The zero-order valence-electron chi connectivity index (χ0n) is 6.41. The number of carboxylic acids is 1. The molecule has 0 aromatic carbocycles. The van der Waals surface area contributed by atoms with Gasteiger partial charge in [0.2, 0.25) is 0 Å². The number of aliphatic carboxylic acids is 1. The molecule has 0 aliphatic carbocycles. The van der Waals surface area contributed by atoms with Crippen LogP contribution in [-0.4, -0.2) is 34.6 Å². The molecule has 0 spiro atoms. The Morgan fingerprint density at radius 3 is 2.82 bits per heavy atom. The molecule has 0 heterocycles. The van der Waals surface area contributed by atoms with Gasteiger partial charge in [0, 0.05) is 12.4 Å². The van der Waals surface area contributed by atoms with E-state index in [0.717, 1.165) is 5.75 Å². The smallest absolute Gasteiger partial charge is 0.321 e. The van der Waals surface area contributed by atoms with Crippen LogP contribution < -0.4 is 4.72 Å². The second-order valence-electron chi connectivity index (χ2n) is 2.10. The lowest BCUT2D eigenvalue weighted by atomic mass is 10.4. The first kappa shape index (κ1) is 10.7. The van der Waals surface area contributed by atoms with Crippen LogP contribution in [0.2, 0.25) is 0 Å². The number of hydrogen-bond acceptors (Lipinski definition) is 4. The van der Waals surface area contributed by atoms with Crippen molar-refractivity contribution in [2.75, 3.05) is 12.4 Å². The third-order valence-electron chi connectivity index (χ3n) is 1.04. The van der Waals surface area contributed by atoms with Gasteiger partial charge in [0.05, 0.1) is 0 Å². The van der Waals surface area contributed by atoms with Gasteiger partial charge in [0.25, 0.3) is 0 Å². The van der Waals surface area contributed by atoms with E-state index in [-0.39, 0.29) is 6.61 Å². The van der Waals surface area contributed by atoms with Crippen molar-refractivity contribution in [2.45, 2.75) is 19.4 Å². The SMILES string of the molecule is CC(NSCCCO)C(=O)O. The van der Waals surface area contributed by atoms with Crippen LogP contribution in [0.3, 0.4) is 0 Å². The van der Waals surface area contributed by atoms with Crippen LogP contribution in [0.1, 0.15) is 13.3 Å². The Labute approximate surface area is 70.1 Å². The molecule has 66 valence electrons. The summed E-state index contributed by atoms with van der Waals surface area (Å²) >= 11 is 1.32. The minimum absolute atomic E-state index is 0.149. The van der Waals surface area contributed by atoms with E-state index in [0.29, 0.717) is 6.42 Å². The molecule has 0 bridgehead atoms. The van der Waals surface area contributed by atoms with Crippen LogP contribution in [-0.2, 0) is 4.79 Å². The number of aliphatic hydroxyl groups excluding tert-OH is 1. The third kappa shape index (κ3) is 6.15. The summed E-state index contributed by atoms with van der Waals surface area (Å²) in [6, 6.07) is -0.529. The molecule has 11 heavy (non-hydrogen) atoms. The fraction of sp³-hybridized carbons (Fsp3) is 0.833. The van der Waals surface area contributed by atoms with Crippen LogP contribution in [0.25, 0.3) is 0 Å². The number of carboxylic acid groups (broad SMARTS) is 1. The molecule has 0 aromatic heterocycles. The van der Waals surface area contributed by atoms with E-state index < -0.39 is 12.0 Å². The van der Waals surface area contributed by atoms with Gasteiger partial charge >= 0.3 is 5.97 Å². The summed E-state index contributed by atoms with van der Waals surface area (Å²) in [6.45, 7) is 1.73. The van der Waals surface area contributed by atoms with Crippen molar-refractivity contribution in [3.05, 3.63) is 0 Å². The van der Waals surface area contributed by atoms with Crippen LogP contribution in [0, 0.1) is 0 Å². The fourth-order valence-electron chi connectivity index (χ4n) is 0.371. The van der Waals surface area contributed by atoms with E-state index in [1.54, 1.807) is 6.92 Å². The van der Waals surface area contributed by atoms with Crippen molar-refractivity contribution in [2.24, 2.45) is 0 Å². The average molecular weight is 179 g/mol. The van der Waals surface area contributed by atoms with E-state index in [1.807, 2.05) is 0 Å². The zero-order valence-corrected chi connectivity index (χ0v) is 7.23. The highest BCUT2D eigenvalue weighted by molar-refractivity contribution is 7.97. The van der Waals surface area contributed by atoms with Gasteiger partial charge in [0.1, 0.15) is 6.04 Å². The van der Waals surface area contributed by atoms with E-state index in [1.165, 1.54) is 11.9 Å². The predicted molar refractivity (Wildman–Crippen MR) is 44.4 cm³/mol. The minimum atomic E-state index is -0.860. The van der Waals surface area contributed by atoms with Crippen molar-refractivity contribution in [3.8, 4) is 0 Å². The van der Waals surface area contributed by atoms with Crippen molar-refractivity contribution < 1.29 is 15.0 Å². The summed E-state index contributed by atoms with van der Waals surface area (Å²) in [5, 5.41) is 16.8. The Kier molecular flexibility index (Phi) is 6.30. The highest BCUT2D eigenvalue weighted by atomic mass is 32.2. The standard InChI is InChI=1S/C6H13NO3S/c1-5(6(9)10)7-11-4-2-3-8/h5,7-8H,2-4H2,1H3,(H,9,10). The number of hydrogen-bond donors (Lipinski definition) is 3. The molecule has 0 rings (SSSR count). The second kappa shape index (κ2) is 6.45. The normalized spacial score (nSPS) is 12.9. The quantitative estimate of drug-likeness (QED) is 0.398. The summed E-state index contributed by atoms with van der Waals surface area (Å²) in [5.74, 6) is -0.129. The first-order chi connectivity index (χ1) is 5.18. The van der Waals surface area contributed by atoms with Crippen LogP contribution in [0.4, 0.5) is 0 Å². The van der Waals surface area contributed by atoms with Gasteiger partial charge in [-0.3, -0.25) is 9.52 Å². The molecule has 0 radical (unpaired) electrons. The van der Waals surface area contributed by atoms with Gasteiger partial charge in [-0.2, -0.15) is 0 Å². The van der Waals surface area contributed by atoms with Crippen LogP contribution in [0.15, 0.2) is 0 Å². The van der Waals surface area contributed by atoms with Gasteiger partial charge < -0.3 is 10.2 Å². The van der Waals surface area contributed by atoms with Crippen LogP contribution in [0.5, 0.6) is 0 Å². The van der Waals surface area contributed by atoms with Crippen molar-refractivity contribution in [1.29, 1.82) is 0 Å². The molecule has 0 aliphatic heterocycles. The molecule has 0 fully saturated rings. The lowest BCUT2D eigenvalue weighted by molar-refractivity contribution is -0.138. The number of nitrogens with one attached hydrogen (secondary N) is 1. The summed E-state index contributed by atoms with van der Waals surface area (Å²) in [4.78, 5) is 10.2. The van der Waals surface area contributed by atoms with Crippen LogP contribution >= 0.6 is 11.9 Å². The molecule has 0 saturated carbocycles. The Morgan fingerprint density at radius 2 is 2.36 bits per heavy atom. The molecule has 1 unspecified atom stereocenters. The van der Waals surface area contributed by atoms with Gasteiger partial charge in [0.15, 0.2) is 0 Å². The average Bonchev–Trinajstić information content (AvgIpc) is 1.97. The molecular weight excluding hydrogens is 166 g/mol. The Hall–Kier alpha value is -0.260. The molecule has 0 aromatic rings. The van der Waals surface area contributed by atoms with Gasteiger partial charge in [-0.25, -0.2) is 0 Å². The lowest BCUT2D eigenvalue weighted by Crippen LogP contribution is -2.28. The van der Waals surface area contributed by atoms with E-state index in [9.17, 15) is 4.79 Å². The highest BCUT2D eigenvalue weighted by Gasteiger charge is 2.08. The summed E-state index contributed by atoms with van der Waals surface area (Å²) in [5.41, 5.74) is 0. The first-order valence-electron chi connectivity index (χ1n) is 3.39. The largest absolute Gasteiger partial charge is 0.480 e.